The molecule has 108 valence electrons. The summed E-state index contributed by atoms with van der Waals surface area (Å²) in [6.07, 6.45) is 7.22. The molecule has 0 spiro atoms. The first-order chi connectivity index (χ1) is 10.7. The molecule has 22 heavy (non-hydrogen) atoms. The van der Waals surface area contributed by atoms with E-state index in [-0.39, 0.29) is 5.41 Å². The molecule has 1 nitrogen and oxygen atoms in total. The lowest BCUT2D eigenvalue weighted by atomic mass is 9.80. The summed E-state index contributed by atoms with van der Waals surface area (Å²) < 4.78 is 0. The predicted molar refractivity (Wildman–Crippen MR) is 94.1 cm³/mol. The zero-order valence-electron chi connectivity index (χ0n) is 13.0. The first kappa shape index (κ1) is 12.3. The van der Waals surface area contributed by atoms with Crippen LogP contribution < -0.4 is 0 Å². The van der Waals surface area contributed by atoms with E-state index in [1.54, 1.807) is 0 Å². The Morgan fingerprint density at radius 3 is 2.64 bits per heavy atom. The molecule has 0 radical (unpaired) electrons. The minimum absolute atomic E-state index is 0.119. The summed E-state index contributed by atoms with van der Waals surface area (Å²) in [5.41, 5.74) is 8.49. The van der Waals surface area contributed by atoms with Gasteiger partial charge >= 0.3 is 0 Å². The number of benzene rings is 2. The predicted octanol–water partition coefficient (Wildman–Crippen LogP) is 5.72. The van der Waals surface area contributed by atoms with Crippen molar-refractivity contribution in [3.63, 3.8) is 0 Å². The number of hydrogen-bond acceptors (Lipinski definition) is 0. The first-order valence-corrected chi connectivity index (χ1v) is 8.13. The summed E-state index contributed by atoms with van der Waals surface area (Å²) >= 11 is 0. The van der Waals surface area contributed by atoms with Gasteiger partial charge in [0.15, 0.2) is 0 Å². The van der Waals surface area contributed by atoms with Crippen molar-refractivity contribution in [2.75, 3.05) is 0 Å². The molecule has 1 heterocycles. The number of nitrogens with one attached hydrogen (secondary N) is 1. The second-order valence-electron chi connectivity index (χ2n) is 7.05. The minimum Gasteiger partial charge on any atom is -0.354 e. The van der Waals surface area contributed by atoms with Crippen molar-refractivity contribution in [2.45, 2.75) is 32.1 Å². The van der Waals surface area contributed by atoms with Crippen LogP contribution in [0.5, 0.6) is 0 Å². The Labute approximate surface area is 130 Å². The maximum absolute atomic E-state index is 3.58. The fourth-order valence-corrected chi connectivity index (χ4v) is 4.31. The highest BCUT2D eigenvalue weighted by molar-refractivity contribution is 6.09. The van der Waals surface area contributed by atoms with Crippen LogP contribution in [-0.4, -0.2) is 4.98 Å². The number of hydrogen-bond donors (Lipinski definition) is 1. The molecule has 2 aliphatic rings. The summed E-state index contributed by atoms with van der Waals surface area (Å²) in [4.78, 5) is 3.58. The van der Waals surface area contributed by atoms with Gasteiger partial charge in [0.2, 0.25) is 0 Å². The number of allylic oxidation sites excluding steroid dienone is 4. The van der Waals surface area contributed by atoms with Crippen molar-refractivity contribution >= 4 is 27.4 Å². The van der Waals surface area contributed by atoms with Crippen LogP contribution in [0.1, 0.15) is 37.8 Å². The van der Waals surface area contributed by atoms with Gasteiger partial charge in [-0.2, -0.15) is 0 Å². The third kappa shape index (κ3) is 1.39. The van der Waals surface area contributed by atoms with Gasteiger partial charge in [-0.3, -0.25) is 0 Å². The van der Waals surface area contributed by atoms with Gasteiger partial charge in [0.05, 0.1) is 0 Å². The molecule has 2 aromatic carbocycles. The van der Waals surface area contributed by atoms with Crippen LogP contribution in [0.25, 0.3) is 27.4 Å². The van der Waals surface area contributed by atoms with Gasteiger partial charge < -0.3 is 4.98 Å². The summed E-state index contributed by atoms with van der Waals surface area (Å²) in [5.74, 6) is 0. The molecule has 2 aliphatic carbocycles. The zero-order valence-corrected chi connectivity index (χ0v) is 13.0. The van der Waals surface area contributed by atoms with Crippen LogP contribution in [0.15, 0.2) is 54.1 Å². The fraction of sp³-hybridized carbons (Fsp3) is 0.238. The molecule has 0 bridgehead atoms. The van der Waals surface area contributed by atoms with Crippen molar-refractivity contribution in [3.05, 3.63) is 65.3 Å². The average Bonchev–Trinajstić information content (AvgIpc) is 3.00. The lowest BCUT2D eigenvalue weighted by Crippen LogP contribution is -2.15. The molecular weight excluding hydrogens is 266 g/mol. The van der Waals surface area contributed by atoms with Crippen LogP contribution in [0.3, 0.4) is 0 Å². The van der Waals surface area contributed by atoms with E-state index < -0.39 is 0 Å². The molecule has 0 fully saturated rings. The van der Waals surface area contributed by atoms with Gasteiger partial charge in [-0.25, -0.2) is 0 Å². The summed E-state index contributed by atoms with van der Waals surface area (Å²) in [5, 5.41) is 2.68. The van der Waals surface area contributed by atoms with Crippen LogP contribution in [0, 0.1) is 0 Å². The van der Waals surface area contributed by atoms with Gasteiger partial charge in [-0.1, -0.05) is 44.2 Å². The van der Waals surface area contributed by atoms with Crippen molar-refractivity contribution in [2.24, 2.45) is 0 Å². The largest absolute Gasteiger partial charge is 0.354 e. The van der Waals surface area contributed by atoms with E-state index in [1.807, 2.05) is 0 Å². The van der Waals surface area contributed by atoms with Gasteiger partial charge in [-0.15, -0.1) is 0 Å². The number of para-hydroxylation sites is 1. The van der Waals surface area contributed by atoms with Crippen LogP contribution in [0.2, 0.25) is 0 Å². The van der Waals surface area contributed by atoms with E-state index >= 15 is 0 Å². The van der Waals surface area contributed by atoms with Crippen molar-refractivity contribution in [3.8, 4) is 0 Å². The highest BCUT2D eigenvalue weighted by atomic mass is 14.7. The molecule has 0 saturated carbocycles. The molecule has 5 rings (SSSR count). The monoisotopic (exact) mass is 285 g/mol. The number of H-pyrrole nitrogens is 1. The Bertz CT molecular complexity index is 995. The molecule has 1 aromatic heterocycles. The standard InChI is InChI=1S/C21H19N/c1-21(2)17-9-5-3-7-13(17)15-12-20-16(11-18(15)21)14-8-4-6-10-19(14)22-20/h4,6-12,22H,3,5H2,1-2H3. The van der Waals surface area contributed by atoms with E-state index in [4.69, 9.17) is 0 Å². The minimum atomic E-state index is 0.119. The average molecular weight is 285 g/mol. The topological polar surface area (TPSA) is 15.8 Å². The third-order valence-electron chi connectivity index (χ3n) is 5.43. The van der Waals surface area contributed by atoms with E-state index in [9.17, 15) is 0 Å². The summed E-state index contributed by atoms with van der Waals surface area (Å²) in [6.45, 7) is 4.73. The van der Waals surface area contributed by atoms with Gasteiger partial charge in [0.1, 0.15) is 0 Å². The Morgan fingerprint density at radius 2 is 1.73 bits per heavy atom. The first-order valence-electron chi connectivity index (χ1n) is 8.13. The number of fused-ring (bicyclic) bond motifs is 6. The van der Waals surface area contributed by atoms with Crippen LogP contribution in [0.4, 0.5) is 0 Å². The third-order valence-corrected chi connectivity index (χ3v) is 5.43. The van der Waals surface area contributed by atoms with E-state index in [0.717, 1.165) is 0 Å². The maximum atomic E-state index is 3.58. The second-order valence-corrected chi connectivity index (χ2v) is 7.05. The second kappa shape index (κ2) is 3.92. The summed E-state index contributed by atoms with van der Waals surface area (Å²) in [7, 11) is 0. The fourth-order valence-electron chi connectivity index (χ4n) is 4.31. The molecule has 1 heteroatoms. The van der Waals surface area contributed by atoms with E-state index in [2.05, 4.69) is 67.4 Å². The molecule has 0 amide bonds. The van der Waals surface area contributed by atoms with Crippen molar-refractivity contribution in [1.29, 1.82) is 0 Å². The molecule has 0 saturated heterocycles. The quantitative estimate of drug-likeness (QED) is 0.544. The number of aromatic amines is 1. The molecular formula is C21H19N. The van der Waals surface area contributed by atoms with Crippen molar-refractivity contribution in [1.82, 2.24) is 4.98 Å². The SMILES string of the molecule is CC1(C)C2=CCCC=C2c2cc3[nH]c4ccccc4c3cc21. The lowest BCUT2D eigenvalue weighted by Gasteiger charge is -2.23. The lowest BCUT2D eigenvalue weighted by molar-refractivity contribution is 0.655. The Kier molecular flexibility index (Phi) is 2.19. The van der Waals surface area contributed by atoms with Crippen LogP contribution >= 0.6 is 0 Å². The van der Waals surface area contributed by atoms with Crippen molar-refractivity contribution < 1.29 is 0 Å². The Morgan fingerprint density at radius 1 is 0.909 bits per heavy atom. The molecule has 3 aromatic rings. The number of rotatable bonds is 0. The Hall–Kier alpha value is -2.28. The summed E-state index contributed by atoms with van der Waals surface area (Å²) in [6, 6.07) is 13.4. The zero-order chi connectivity index (χ0) is 14.9. The number of aromatic nitrogens is 1. The van der Waals surface area contributed by atoms with Gasteiger partial charge in [-0.05, 0) is 53.3 Å². The van der Waals surface area contributed by atoms with E-state index in [1.165, 1.54) is 56.9 Å². The van der Waals surface area contributed by atoms with E-state index in [0.29, 0.717) is 0 Å². The van der Waals surface area contributed by atoms with Crippen LogP contribution in [-0.2, 0) is 5.41 Å². The molecule has 0 aliphatic heterocycles. The Balaban J connectivity index is 1.91. The highest BCUT2D eigenvalue weighted by Crippen LogP contribution is 2.52. The molecule has 0 atom stereocenters. The smallest absolute Gasteiger partial charge is 0.0471 e. The maximum Gasteiger partial charge on any atom is 0.0471 e. The van der Waals surface area contributed by atoms with Gasteiger partial charge in [0.25, 0.3) is 0 Å². The molecule has 0 unspecified atom stereocenters. The highest BCUT2D eigenvalue weighted by Gasteiger charge is 2.38. The normalized spacial score (nSPS) is 19.0. The van der Waals surface area contributed by atoms with Gasteiger partial charge in [0, 0.05) is 27.2 Å². The molecule has 1 N–H and O–H groups in total.